The molecule has 0 spiro atoms. The van der Waals surface area contributed by atoms with E-state index >= 15 is 0 Å². The number of rotatable bonds is 3. The summed E-state index contributed by atoms with van der Waals surface area (Å²) in [5, 5.41) is 3.35. The van der Waals surface area contributed by atoms with Crippen LogP contribution in [0.5, 0.6) is 0 Å². The Labute approximate surface area is 93.5 Å². The highest BCUT2D eigenvalue weighted by Gasteiger charge is 2.11. The molecular weight excluding hydrogens is 186 g/mol. The predicted octanol–water partition coefficient (Wildman–Crippen LogP) is 2.41. The third kappa shape index (κ3) is 5.65. The number of nitrogens with zero attached hydrogens (tertiary/aromatic N) is 1. The molecule has 3 N–H and O–H groups in total. The molecule has 3 nitrogen and oxygen atoms in total. The summed E-state index contributed by atoms with van der Waals surface area (Å²) in [6.45, 7) is 2.96. The van der Waals surface area contributed by atoms with Gasteiger partial charge in [-0.2, -0.15) is 0 Å². The third-order valence-corrected chi connectivity index (χ3v) is 2.96. The molecule has 0 aromatic carbocycles. The number of nitrogens with one attached hydrogen (secondary N) is 1. The Bertz CT molecular complexity index is 181. The summed E-state index contributed by atoms with van der Waals surface area (Å²) < 4.78 is 0. The minimum Gasteiger partial charge on any atom is -0.370 e. The molecular formula is C12H25N3. The molecule has 0 radical (unpaired) electrons. The second-order valence-corrected chi connectivity index (χ2v) is 4.45. The van der Waals surface area contributed by atoms with E-state index in [1.165, 1.54) is 44.9 Å². The van der Waals surface area contributed by atoms with Crippen molar-refractivity contribution in [2.45, 2.75) is 64.3 Å². The second-order valence-electron chi connectivity index (χ2n) is 4.45. The van der Waals surface area contributed by atoms with Crippen molar-refractivity contribution in [3.8, 4) is 0 Å². The zero-order chi connectivity index (χ0) is 10.9. The molecule has 0 bridgehead atoms. The molecule has 0 amide bonds. The Hall–Kier alpha value is -0.730. The van der Waals surface area contributed by atoms with Gasteiger partial charge >= 0.3 is 0 Å². The van der Waals surface area contributed by atoms with Gasteiger partial charge in [0.05, 0.1) is 0 Å². The largest absolute Gasteiger partial charge is 0.370 e. The lowest BCUT2D eigenvalue weighted by Gasteiger charge is -2.21. The highest BCUT2D eigenvalue weighted by molar-refractivity contribution is 5.78. The fourth-order valence-electron chi connectivity index (χ4n) is 2.09. The van der Waals surface area contributed by atoms with Crippen molar-refractivity contribution in [1.82, 2.24) is 5.32 Å². The molecule has 0 aromatic rings. The summed E-state index contributed by atoms with van der Waals surface area (Å²) in [5.74, 6) is 0.641. The summed E-state index contributed by atoms with van der Waals surface area (Å²) in [4.78, 5) is 4.27. The Kier molecular flexibility index (Phi) is 6.21. The lowest BCUT2D eigenvalue weighted by molar-refractivity contribution is 0.427. The van der Waals surface area contributed by atoms with E-state index in [4.69, 9.17) is 5.73 Å². The van der Waals surface area contributed by atoms with Crippen LogP contribution < -0.4 is 11.1 Å². The van der Waals surface area contributed by atoms with E-state index in [0.717, 1.165) is 13.0 Å². The van der Waals surface area contributed by atoms with E-state index in [0.29, 0.717) is 12.0 Å². The van der Waals surface area contributed by atoms with E-state index in [1.807, 2.05) is 0 Å². The highest BCUT2D eigenvalue weighted by atomic mass is 15.1. The standard InChI is InChI=1S/C12H25N3/c1-2-10-14-12(13)15-11-8-6-4-3-5-7-9-11/h11H,2-10H2,1H3,(H3,13,14,15). The van der Waals surface area contributed by atoms with E-state index in [2.05, 4.69) is 17.2 Å². The summed E-state index contributed by atoms with van der Waals surface area (Å²) in [7, 11) is 0. The topological polar surface area (TPSA) is 50.4 Å². The molecule has 0 aromatic heterocycles. The fourth-order valence-corrected chi connectivity index (χ4v) is 2.09. The first kappa shape index (κ1) is 12.3. The molecule has 1 saturated carbocycles. The predicted molar refractivity (Wildman–Crippen MR) is 66.0 cm³/mol. The molecule has 0 saturated heterocycles. The number of aliphatic imine (C=N–C) groups is 1. The summed E-state index contributed by atoms with van der Waals surface area (Å²) in [5.41, 5.74) is 5.82. The van der Waals surface area contributed by atoms with Crippen LogP contribution in [0.15, 0.2) is 4.99 Å². The van der Waals surface area contributed by atoms with Crippen molar-refractivity contribution in [2.75, 3.05) is 6.54 Å². The van der Waals surface area contributed by atoms with Crippen LogP contribution in [0.25, 0.3) is 0 Å². The van der Waals surface area contributed by atoms with Crippen molar-refractivity contribution in [1.29, 1.82) is 0 Å². The smallest absolute Gasteiger partial charge is 0.188 e. The lowest BCUT2D eigenvalue weighted by atomic mass is 9.97. The van der Waals surface area contributed by atoms with Crippen LogP contribution in [0.2, 0.25) is 0 Å². The molecule has 0 aliphatic heterocycles. The van der Waals surface area contributed by atoms with Crippen molar-refractivity contribution < 1.29 is 0 Å². The van der Waals surface area contributed by atoms with Crippen LogP contribution in [0.4, 0.5) is 0 Å². The van der Waals surface area contributed by atoms with E-state index in [-0.39, 0.29) is 0 Å². The van der Waals surface area contributed by atoms with Crippen molar-refractivity contribution in [3.05, 3.63) is 0 Å². The van der Waals surface area contributed by atoms with Gasteiger partial charge in [0.2, 0.25) is 0 Å². The van der Waals surface area contributed by atoms with Crippen LogP contribution >= 0.6 is 0 Å². The molecule has 1 aliphatic rings. The Morgan fingerprint density at radius 2 is 1.80 bits per heavy atom. The van der Waals surface area contributed by atoms with E-state index in [9.17, 15) is 0 Å². The van der Waals surface area contributed by atoms with Gasteiger partial charge in [0.1, 0.15) is 0 Å². The summed E-state index contributed by atoms with van der Waals surface area (Å²) in [6.07, 6.45) is 10.4. The Balaban J connectivity index is 2.27. The molecule has 15 heavy (non-hydrogen) atoms. The average Bonchev–Trinajstić information content (AvgIpc) is 2.19. The normalized spacial score (nSPS) is 20.7. The Morgan fingerprint density at radius 3 is 2.40 bits per heavy atom. The van der Waals surface area contributed by atoms with Crippen molar-refractivity contribution in [3.63, 3.8) is 0 Å². The van der Waals surface area contributed by atoms with Crippen molar-refractivity contribution >= 4 is 5.96 Å². The maximum atomic E-state index is 5.82. The quantitative estimate of drug-likeness (QED) is 0.556. The minimum atomic E-state index is 0.561. The highest BCUT2D eigenvalue weighted by Crippen LogP contribution is 2.16. The van der Waals surface area contributed by atoms with Crippen LogP contribution in [-0.2, 0) is 0 Å². The van der Waals surface area contributed by atoms with Gasteiger partial charge in [0.15, 0.2) is 5.96 Å². The van der Waals surface area contributed by atoms with E-state index in [1.54, 1.807) is 0 Å². The first-order chi connectivity index (χ1) is 7.33. The van der Waals surface area contributed by atoms with Crippen LogP contribution in [0.1, 0.15) is 58.3 Å². The second kappa shape index (κ2) is 7.55. The van der Waals surface area contributed by atoms with Gasteiger partial charge in [-0.1, -0.05) is 39.0 Å². The van der Waals surface area contributed by atoms with Gasteiger partial charge < -0.3 is 11.1 Å². The molecule has 0 unspecified atom stereocenters. The fraction of sp³-hybridized carbons (Fsp3) is 0.917. The number of guanidine groups is 1. The maximum absolute atomic E-state index is 5.82. The maximum Gasteiger partial charge on any atom is 0.188 e. The van der Waals surface area contributed by atoms with Crippen LogP contribution in [0.3, 0.4) is 0 Å². The molecule has 1 fully saturated rings. The minimum absolute atomic E-state index is 0.561. The SMILES string of the molecule is CCCN=C(N)NC1CCCCCCC1. The molecule has 0 atom stereocenters. The average molecular weight is 211 g/mol. The summed E-state index contributed by atoms with van der Waals surface area (Å²) >= 11 is 0. The van der Waals surface area contributed by atoms with Gasteiger partial charge in [0.25, 0.3) is 0 Å². The molecule has 1 aliphatic carbocycles. The molecule has 88 valence electrons. The molecule has 1 rings (SSSR count). The zero-order valence-corrected chi connectivity index (χ0v) is 9.97. The van der Waals surface area contributed by atoms with Gasteiger partial charge in [-0.3, -0.25) is 4.99 Å². The number of nitrogens with two attached hydrogens (primary N) is 1. The first-order valence-corrected chi connectivity index (χ1v) is 6.39. The number of hydrogen-bond acceptors (Lipinski definition) is 1. The van der Waals surface area contributed by atoms with Crippen molar-refractivity contribution in [2.24, 2.45) is 10.7 Å². The van der Waals surface area contributed by atoms with Gasteiger partial charge in [-0.05, 0) is 19.3 Å². The van der Waals surface area contributed by atoms with Crippen LogP contribution in [-0.4, -0.2) is 18.5 Å². The Morgan fingerprint density at radius 1 is 1.20 bits per heavy atom. The third-order valence-electron chi connectivity index (χ3n) is 2.96. The van der Waals surface area contributed by atoms with E-state index < -0.39 is 0 Å². The van der Waals surface area contributed by atoms with Crippen LogP contribution in [0, 0.1) is 0 Å². The lowest BCUT2D eigenvalue weighted by Crippen LogP contribution is -2.40. The van der Waals surface area contributed by atoms with Gasteiger partial charge in [0, 0.05) is 12.6 Å². The molecule has 3 heteroatoms. The first-order valence-electron chi connectivity index (χ1n) is 6.39. The molecule has 0 heterocycles. The van der Waals surface area contributed by atoms with Gasteiger partial charge in [-0.15, -0.1) is 0 Å². The summed E-state index contributed by atoms with van der Waals surface area (Å²) in [6, 6.07) is 0.561. The van der Waals surface area contributed by atoms with Gasteiger partial charge in [-0.25, -0.2) is 0 Å². The zero-order valence-electron chi connectivity index (χ0n) is 9.97. The number of hydrogen-bond donors (Lipinski definition) is 2. The monoisotopic (exact) mass is 211 g/mol.